The molecule has 5 heteroatoms. The van der Waals surface area contributed by atoms with Crippen molar-refractivity contribution < 1.29 is 19.1 Å². The van der Waals surface area contributed by atoms with Crippen LogP contribution in [0.1, 0.15) is 24.8 Å². The number of anilines is 1. The predicted octanol–water partition coefficient (Wildman–Crippen LogP) is 2.33. The lowest BCUT2D eigenvalue weighted by Crippen LogP contribution is -2.48. The number of carbonyl (C=O) groups excluding carboxylic acids is 1. The van der Waals surface area contributed by atoms with Gasteiger partial charge in [-0.25, -0.2) is 4.39 Å². The molecule has 1 aromatic carbocycles. The number of hydrogen-bond donors (Lipinski definition) is 2. The van der Waals surface area contributed by atoms with Crippen LogP contribution in [0.25, 0.3) is 0 Å². The van der Waals surface area contributed by atoms with E-state index in [1.165, 1.54) is 12.1 Å². The summed E-state index contributed by atoms with van der Waals surface area (Å²) in [7, 11) is 0. The summed E-state index contributed by atoms with van der Waals surface area (Å²) in [4.78, 5) is 23.2. The summed E-state index contributed by atoms with van der Waals surface area (Å²) in [5.41, 5.74) is -0.743. The molecule has 2 rings (SSSR count). The van der Waals surface area contributed by atoms with Gasteiger partial charge in [0.1, 0.15) is 11.2 Å². The number of nitrogens with one attached hydrogen (secondary N) is 1. The number of rotatable bonds is 3. The van der Waals surface area contributed by atoms with Gasteiger partial charge in [-0.2, -0.15) is 0 Å². The maximum absolute atomic E-state index is 13.6. The first-order chi connectivity index (χ1) is 8.47. The van der Waals surface area contributed by atoms with Gasteiger partial charge in [0.15, 0.2) is 0 Å². The minimum Gasteiger partial charge on any atom is -0.480 e. The molecule has 96 valence electrons. The summed E-state index contributed by atoms with van der Waals surface area (Å²) in [5, 5.41) is 11.5. The third kappa shape index (κ3) is 1.85. The van der Waals surface area contributed by atoms with E-state index in [2.05, 4.69) is 5.32 Å². The largest absolute Gasteiger partial charge is 0.480 e. The SMILES string of the molecule is Cc1cccc(F)c1NC(=O)C1(C(=O)O)CCC1. The Bertz CT molecular complexity index is 489. The van der Waals surface area contributed by atoms with Crippen LogP contribution < -0.4 is 5.32 Å². The molecule has 18 heavy (non-hydrogen) atoms. The van der Waals surface area contributed by atoms with Gasteiger partial charge < -0.3 is 10.4 Å². The van der Waals surface area contributed by atoms with Crippen molar-refractivity contribution in [3.63, 3.8) is 0 Å². The van der Waals surface area contributed by atoms with Crippen LogP contribution >= 0.6 is 0 Å². The zero-order chi connectivity index (χ0) is 13.3. The molecule has 1 aliphatic carbocycles. The van der Waals surface area contributed by atoms with Crippen molar-refractivity contribution in [3.05, 3.63) is 29.6 Å². The van der Waals surface area contributed by atoms with Crippen molar-refractivity contribution in [1.82, 2.24) is 0 Å². The van der Waals surface area contributed by atoms with Gasteiger partial charge in [-0.1, -0.05) is 18.6 Å². The maximum Gasteiger partial charge on any atom is 0.319 e. The highest BCUT2D eigenvalue weighted by Crippen LogP contribution is 2.42. The first-order valence-corrected chi connectivity index (χ1v) is 5.77. The number of para-hydroxylation sites is 1. The van der Waals surface area contributed by atoms with Gasteiger partial charge in [0, 0.05) is 0 Å². The van der Waals surface area contributed by atoms with E-state index in [4.69, 9.17) is 5.11 Å². The van der Waals surface area contributed by atoms with E-state index >= 15 is 0 Å². The zero-order valence-corrected chi connectivity index (χ0v) is 10.00. The molecule has 0 spiro atoms. The highest BCUT2D eigenvalue weighted by atomic mass is 19.1. The Balaban J connectivity index is 2.24. The number of carbonyl (C=O) groups is 2. The van der Waals surface area contributed by atoms with E-state index in [0.29, 0.717) is 24.8 Å². The van der Waals surface area contributed by atoms with Crippen LogP contribution in [-0.2, 0) is 9.59 Å². The van der Waals surface area contributed by atoms with Gasteiger partial charge in [0.2, 0.25) is 5.91 Å². The van der Waals surface area contributed by atoms with Crippen molar-refractivity contribution in [2.75, 3.05) is 5.32 Å². The second-order valence-electron chi connectivity index (χ2n) is 4.63. The van der Waals surface area contributed by atoms with E-state index in [0.717, 1.165) is 0 Å². The van der Waals surface area contributed by atoms with Crippen LogP contribution in [0, 0.1) is 18.2 Å². The van der Waals surface area contributed by atoms with Crippen molar-refractivity contribution >= 4 is 17.6 Å². The zero-order valence-electron chi connectivity index (χ0n) is 10.00. The molecule has 2 N–H and O–H groups in total. The molecule has 1 aliphatic rings. The minimum absolute atomic E-state index is 0.0648. The summed E-state index contributed by atoms with van der Waals surface area (Å²) in [6, 6.07) is 4.43. The molecule has 4 nitrogen and oxygen atoms in total. The topological polar surface area (TPSA) is 66.4 Å². The molecule has 0 unspecified atom stereocenters. The Morgan fingerprint density at radius 2 is 2.06 bits per heavy atom. The summed E-state index contributed by atoms with van der Waals surface area (Å²) in [5.74, 6) is -2.32. The molecular weight excluding hydrogens is 237 g/mol. The Morgan fingerprint density at radius 3 is 2.50 bits per heavy atom. The smallest absolute Gasteiger partial charge is 0.319 e. The van der Waals surface area contributed by atoms with Crippen LogP contribution in [0.2, 0.25) is 0 Å². The van der Waals surface area contributed by atoms with Crippen molar-refractivity contribution in [2.45, 2.75) is 26.2 Å². The molecule has 0 heterocycles. The van der Waals surface area contributed by atoms with Crippen molar-refractivity contribution in [2.24, 2.45) is 5.41 Å². The molecule has 1 amide bonds. The molecule has 0 bridgehead atoms. The number of amides is 1. The quantitative estimate of drug-likeness (QED) is 0.810. The molecule has 0 aromatic heterocycles. The average Bonchev–Trinajstić information content (AvgIpc) is 2.21. The van der Waals surface area contributed by atoms with Gasteiger partial charge in [-0.15, -0.1) is 0 Å². The third-order valence-corrected chi connectivity index (χ3v) is 3.51. The van der Waals surface area contributed by atoms with Gasteiger partial charge >= 0.3 is 5.97 Å². The second-order valence-corrected chi connectivity index (χ2v) is 4.63. The van der Waals surface area contributed by atoms with Gasteiger partial charge in [0.25, 0.3) is 0 Å². The van der Waals surface area contributed by atoms with Gasteiger partial charge in [-0.3, -0.25) is 9.59 Å². The van der Waals surface area contributed by atoms with Crippen LogP contribution in [0.4, 0.5) is 10.1 Å². The van der Waals surface area contributed by atoms with E-state index in [9.17, 15) is 14.0 Å². The molecule has 1 saturated carbocycles. The first kappa shape index (κ1) is 12.5. The number of aliphatic carboxylic acids is 1. The van der Waals surface area contributed by atoms with Gasteiger partial charge in [0.05, 0.1) is 5.69 Å². The Morgan fingerprint density at radius 1 is 1.39 bits per heavy atom. The summed E-state index contributed by atoms with van der Waals surface area (Å²) < 4.78 is 13.6. The number of carboxylic acids is 1. The van der Waals surface area contributed by atoms with Crippen LogP contribution in [0.15, 0.2) is 18.2 Å². The van der Waals surface area contributed by atoms with Crippen molar-refractivity contribution in [1.29, 1.82) is 0 Å². The summed E-state index contributed by atoms with van der Waals surface area (Å²) in [6.07, 6.45) is 1.32. The Labute approximate surface area is 104 Å². The fourth-order valence-electron chi connectivity index (χ4n) is 2.09. The van der Waals surface area contributed by atoms with E-state index in [1.54, 1.807) is 13.0 Å². The summed E-state index contributed by atoms with van der Waals surface area (Å²) >= 11 is 0. The molecule has 0 atom stereocenters. The fourth-order valence-corrected chi connectivity index (χ4v) is 2.09. The minimum atomic E-state index is -1.38. The molecule has 0 saturated heterocycles. The Hall–Kier alpha value is -1.91. The molecule has 0 radical (unpaired) electrons. The lowest BCUT2D eigenvalue weighted by molar-refractivity contribution is -0.159. The third-order valence-electron chi connectivity index (χ3n) is 3.51. The summed E-state index contributed by atoms with van der Waals surface area (Å²) in [6.45, 7) is 1.66. The molecule has 0 aliphatic heterocycles. The molecule has 1 fully saturated rings. The highest BCUT2D eigenvalue weighted by Gasteiger charge is 2.51. The highest BCUT2D eigenvalue weighted by molar-refractivity contribution is 6.09. The van der Waals surface area contributed by atoms with Crippen LogP contribution in [0.3, 0.4) is 0 Å². The first-order valence-electron chi connectivity index (χ1n) is 5.77. The molecular formula is C13H14FNO3. The number of benzene rings is 1. The number of halogens is 1. The average molecular weight is 251 g/mol. The maximum atomic E-state index is 13.6. The number of aryl methyl sites for hydroxylation is 1. The normalized spacial score (nSPS) is 16.8. The predicted molar refractivity (Wildman–Crippen MR) is 63.7 cm³/mol. The monoisotopic (exact) mass is 251 g/mol. The van der Waals surface area contributed by atoms with Crippen molar-refractivity contribution in [3.8, 4) is 0 Å². The fraction of sp³-hybridized carbons (Fsp3) is 0.385. The lowest BCUT2D eigenvalue weighted by Gasteiger charge is -2.35. The van der Waals surface area contributed by atoms with E-state index < -0.39 is 23.1 Å². The van der Waals surface area contributed by atoms with Crippen LogP contribution in [-0.4, -0.2) is 17.0 Å². The van der Waals surface area contributed by atoms with Gasteiger partial charge in [-0.05, 0) is 31.4 Å². The van der Waals surface area contributed by atoms with Crippen LogP contribution in [0.5, 0.6) is 0 Å². The lowest BCUT2D eigenvalue weighted by atomic mass is 9.68. The number of hydrogen-bond acceptors (Lipinski definition) is 2. The van der Waals surface area contributed by atoms with E-state index in [-0.39, 0.29) is 5.69 Å². The number of carboxylic acid groups (broad SMARTS) is 1. The molecule has 1 aromatic rings. The standard InChI is InChI=1S/C13H14FNO3/c1-8-4-2-5-9(14)10(8)15-11(16)13(12(17)18)6-3-7-13/h2,4-5H,3,6-7H2,1H3,(H,15,16)(H,17,18). The Kier molecular flexibility index (Phi) is 3.07. The van der Waals surface area contributed by atoms with E-state index in [1.807, 2.05) is 0 Å². The second kappa shape index (κ2) is 4.40.